The summed E-state index contributed by atoms with van der Waals surface area (Å²) >= 11 is 0. The lowest BCUT2D eigenvalue weighted by Crippen LogP contribution is -2.29. The average Bonchev–Trinajstić information content (AvgIpc) is 2.75. The second kappa shape index (κ2) is 9.79. The van der Waals surface area contributed by atoms with Gasteiger partial charge in [0.1, 0.15) is 11.6 Å². The van der Waals surface area contributed by atoms with Crippen molar-refractivity contribution < 1.29 is 4.79 Å². The van der Waals surface area contributed by atoms with E-state index in [1.807, 2.05) is 42.5 Å². The maximum absolute atomic E-state index is 12.4. The van der Waals surface area contributed by atoms with Crippen molar-refractivity contribution in [2.24, 2.45) is 0 Å². The summed E-state index contributed by atoms with van der Waals surface area (Å²) in [6.45, 7) is 6.44. The van der Waals surface area contributed by atoms with Crippen LogP contribution in [0.25, 0.3) is 0 Å². The van der Waals surface area contributed by atoms with Crippen LogP contribution >= 0.6 is 0 Å². The lowest BCUT2D eigenvalue weighted by Gasteiger charge is -2.28. The second-order valence-corrected chi connectivity index (χ2v) is 7.64. The van der Waals surface area contributed by atoms with Crippen LogP contribution in [0.4, 0.5) is 17.1 Å². The van der Waals surface area contributed by atoms with Crippen molar-refractivity contribution in [3.05, 3.63) is 65.9 Å². The highest BCUT2D eigenvalue weighted by Gasteiger charge is 2.11. The molecule has 1 fully saturated rings. The summed E-state index contributed by atoms with van der Waals surface area (Å²) in [4.78, 5) is 14.8. The van der Waals surface area contributed by atoms with Gasteiger partial charge in [0.05, 0.1) is 0 Å². The summed E-state index contributed by atoms with van der Waals surface area (Å²) < 4.78 is 0. The number of hydrogen-bond acceptors (Lipinski definition) is 4. The Kier molecular flexibility index (Phi) is 6.91. The summed E-state index contributed by atoms with van der Waals surface area (Å²) in [7, 11) is 0. The van der Waals surface area contributed by atoms with Gasteiger partial charge in [0.25, 0.3) is 5.91 Å². The fraction of sp³-hybridized carbons (Fsp3) is 0.333. The molecular formula is C24H28N4O. The molecule has 5 nitrogen and oxygen atoms in total. The molecule has 1 aliphatic rings. The normalized spacial score (nSPS) is 14.4. The van der Waals surface area contributed by atoms with Crippen molar-refractivity contribution >= 4 is 23.0 Å². The van der Waals surface area contributed by atoms with E-state index in [0.29, 0.717) is 11.6 Å². The van der Waals surface area contributed by atoms with Crippen LogP contribution in [-0.2, 0) is 4.79 Å². The van der Waals surface area contributed by atoms with Gasteiger partial charge in [-0.05, 0) is 67.1 Å². The lowest BCUT2D eigenvalue weighted by atomic mass is 10.0. The summed E-state index contributed by atoms with van der Waals surface area (Å²) in [6, 6.07) is 17.7. The first kappa shape index (κ1) is 20.5. The molecule has 0 radical (unpaired) electrons. The van der Waals surface area contributed by atoms with Crippen LogP contribution in [0.1, 0.15) is 44.6 Å². The van der Waals surface area contributed by atoms with Crippen LogP contribution in [0.5, 0.6) is 0 Å². The number of benzene rings is 2. The van der Waals surface area contributed by atoms with Crippen molar-refractivity contribution in [1.29, 1.82) is 5.26 Å². The minimum atomic E-state index is -0.428. The van der Waals surface area contributed by atoms with E-state index in [9.17, 15) is 10.1 Å². The topological polar surface area (TPSA) is 68.2 Å². The second-order valence-electron chi connectivity index (χ2n) is 7.64. The highest BCUT2D eigenvalue weighted by Crippen LogP contribution is 2.22. The van der Waals surface area contributed by atoms with Gasteiger partial charge in [-0.1, -0.05) is 26.0 Å². The molecule has 0 unspecified atom stereocenters. The lowest BCUT2D eigenvalue weighted by molar-refractivity contribution is -0.112. The molecule has 1 heterocycles. The molecule has 1 aliphatic heterocycles. The van der Waals surface area contributed by atoms with Crippen LogP contribution < -0.4 is 15.5 Å². The molecule has 5 heteroatoms. The third kappa shape index (κ3) is 5.61. The van der Waals surface area contributed by atoms with Gasteiger partial charge in [0.15, 0.2) is 0 Å². The molecule has 0 aromatic heterocycles. The van der Waals surface area contributed by atoms with E-state index in [1.54, 1.807) is 0 Å². The van der Waals surface area contributed by atoms with Crippen LogP contribution in [-0.4, -0.2) is 19.0 Å². The number of nitrogens with zero attached hydrogens (tertiary/aromatic N) is 2. The van der Waals surface area contributed by atoms with Gasteiger partial charge in [-0.25, -0.2) is 0 Å². The van der Waals surface area contributed by atoms with E-state index in [0.717, 1.165) is 18.8 Å². The van der Waals surface area contributed by atoms with Gasteiger partial charge >= 0.3 is 0 Å². The molecule has 0 atom stereocenters. The van der Waals surface area contributed by atoms with E-state index < -0.39 is 5.91 Å². The number of hydrogen-bond donors (Lipinski definition) is 2. The molecule has 0 saturated carbocycles. The largest absolute Gasteiger partial charge is 0.372 e. The number of amides is 1. The van der Waals surface area contributed by atoms with Crippen LogP contribution in [0.3, 0.4) is 0 Å². The highest BCUT2D eigenvalue weighted by atomic mass is 16.1. The van der Waals surface area contributed by atoms with Crippen molar-refractivity contribution in [1.82, 2.24) is 0 Å². The number of rotatable bonds is 6. The molecule has 2 aromatic rings. The number of anilines is 3. The summed E-state index contributed by atoms with van der Waals surface area (Å²) in [5, 5.41) is 15.2. The average molecular weight is 389 g/mol. The Morgan fingerprint density at radius 3 is 2.21 bits per heavy atom. The first-order valence-electron chi connectivity index (χ1n) is 10.2. The monoisotopic (exact) mass is 388 g/mol. The fourth-order valence-electron chi connectivity index (χ4n) is 3.37. The molecule has 1 saturated heterocycles. The minimum Gasteiger partial charge on any atom is -0.372 e. The third-order valence-corrected chi connectivity index (χ3v) is 5.17. The Morgan fingerprint density at radius 1 is 1.00 bits per heavy atom. The van der Waals surface area contributed by atoms with Crippen LogP contribution in [0.15, 0.2) is 60.3 Å². The Labute approximate surface area is 173 Å². The van der Waals surface area contributed by atoms with E-state index in [1.165, 1.54) is 36.7 Å². The molecule has 0 aliphatic carbocycles. The number of carbonyl (C=O) groups excluding carboxylic acids is 1. The number of nitrogens with one attached hydrogen (secondary N) is 2. The zero-order valence-electron chi connectivity index (χ0n) is 17.1. The summed E-state index contributed by atoms with van der Waals surface area (Å²) in [5.74, 6) is 0.00190. The molecule has 0 bridgehead atoms. The van der Waals surface area contributed by atoms with Crippen molar-refractivity contribution in [3.8, 4) is 6.07 Å². The number of nitriles is 1. The Bertz CT molecular complexity index is 886. The van der Waals surface area contributed by atoms with Crippen molar-refractivity contribution in [2.75, 3.05) is 28.6 Å². The molecule has 1 amide bonds. The quantitative estimate of drug-likeness (QED) is 0.523. The molecule has 2 N–H and O–H groups in total. The first-order valence-corrected chi connectivity index (χ1v) is 10.2. The molecule has 29 heavy (non-hydrogen) atoms. The summed E-state index contributed by atoms with van der Waals surface area (Å²) in [5.41, 5.74) is 3.95. The SMILES string of the molecule is CC(C)c1ccc(NC(=O)/C(C#N)=C\Nc2ccc(N3CCCCC3)cc2)cc1. The zero-order valence-corrected chi connectivity index (χ0v) is 17.1. The molecule has 150 valence electrons. The third-order valence-electron chi connectivity index (χ3n) is 5.17. The first-order chi connectivity index (χ1) is 14.1. The molecule has 0 spiro atoms. The van der Waals surface area contributed by atoms with Gasteiger partial charge in [-0.15, -0.1) is 0 Å². The Hall–Kier alpha value is -3.26. The van der Waals surface area contributed by atoms with E-state index >= 15 is 0 Å². The predicted octanol–water partition coefficient (Wildman–Crippen LogP) is 5.26. The van der Waals surface area contributed by atoms with Gasteiger partial charge in [0, 0.05) is 36.4 Å². The van der Waals surface area contributed by atoms with Crippen LogP contribution in [0, 0.1) is 11.3 Å². The number of carbonyl (C=O) groups is 1. The Balaban J connectivity index is 1.60. The maximum atomic E-state index is 12.4. The van der Waals surface area contributed by atoms with Gasteiger partial charge in [-0.3, -0.25) is 4.79 Å². The highest BCUT2D eigenvalue weighted by molar-refractivity contribution is 6.06. The van der Waals surface area contributed by atoms with Gasteiger partial charge < -0.3 is 15.5 Å². The minimum absolute atomic E-state index is 0.0260. The van der Waals surface area contributed by atoms with Crippen LogP contribution in [0.2, 0.25) is 0 Å². The zero-order chi connectivity index (χ0) is 20.6. The van der Waals surface area contributed by atoms with E-state index in [-0.39, 0.29) is 5.57 Å². The molecule has 3 rings (SSSR count). The molecule has 2 aromatic carbocycles. The summed E-state index contributed by atoms with van der Waals surface area (Å²) in [6.07, 6.45) is 5.24. The van der Waals surface area contributed by atoms with E-state index in [4.69, 9.17) is 0 Å². The van der Waals surface area contributed by atoms with Gasteiger partial charge in [-0.2, -0.15) is 5.26 Å². The van der Waals surface area contributed by atoms with Crippen molar-refractivity contribution in [2.45, 2.75) is 39.0 Å². The Morgan fingerprint density at radius 2 is 1.62 bits per heavy atom. The van der Waals surface area contributed by atoms with E-state index in [2.05, 4.69) is 41.5 Å². The molecular weight excluding hydrogens is 360 g/mol. The standard InChI is InChI=1S/C24H28N4O/c1-18(2)19-6-8-22(9-7-19)27-24(29)20(16-25)17-26-21-10-12-23(13-11-21)28-14-4-3-5-15-28/h6-13,17-18,26H,3-5,14-15H2,1-2H3,(H,27,29)/b20-17-. The fourth-order valence-corrected chi connectivity index (χ4v) is 3.37. The maximum Gasteiger partial charge on any atom is 0.267 e. The van der Waals surface area contributed by atoms with Crippen molar-refractivity contribution in [3.63, 3.8) is 0 Å². The smallest absolute Gasteiger partial charge is 0.267 e. The van der Waals surface area contributed by atoms with Gasteiger partial charge in [0.2, 0.25) is 0 Å². The predicted molar refractivity (Wildman–Crippen MR) is 119 cm³/mol. The number of piperidine rings is 1.